The van der Waals surface area contributed by atoms with E-state index >= 15 is 0 Å². The Morgan fingerprint density at radius 2 is 2.10 bits per heavy atom. The van der Waals surface area contributed by atoms with Crippen LogP contribution in [0.15, 0.2) is 0 Å². The first kappa shape index (κ1) is 18.4. The predicted octanol–water partition coefficient (Wildman–Crippen LogP) is 2.63. The molecule has 124 valence electrons. The fourth-order valence-electron chi connectivity index (χ4n) is 2.80. The minimum absolute atomic E-state index is 0.0604. The standard InChI is InChI=1S/C17H34N2O2/c1-6-15(4)8-7-9-19-10-11-21-16(13-19)12-18(5)17(20)14(2)3/h14-16H,6-13H2,1-5H3. The molecule has 2 atom stereocenters. The topological polar surface area (TPSA) is 32.8 Å². The van der Waals surface area contributed by atoms with Crippen LogP contribution in [0.1, 0.15) is 47.0 Å². The smallest absolute Gasteiger partial charge is 0.224 e. The number of morpholine rings is 1. The Morgan fingerprint density at radius 1 is 1.38 bits per heavy atom. The number of nitrogens with zero attached hydrogens (tertiary/aromatic N) is 2. The summed E-state index contributed by atoms with van der Waals surface area (Å²) < 4.78 is 5.82. The van der Waals surface area contributed by atoms with Crippen molar-refractivity contribution in [3.05, 3.63) is 0 Å². The van der Waals surface area contributed by atoms with Crippen molar-refractivity contribution in [2.45, 2.75) is 53.1 Å². The van der Waals surface area contributed by atoms with E-state index in [0.717, 1.165) is 32.2 Å². The molecule has 21 heavy (non-hydrogen) atoms. The summed E-state index contributed by atoms with van der Waals surface area (Å²) in [6, 6.07) is 0. The molecule has 1 fully saturated rings. The highest BCUT2D eigenvalue weighted by molar-refractivity contribution is 5.77. The normalized spacial score (nSPS) is 21.5. The Balaban J connectivity index is 2.30. The summed E-state index contributed by atoms with van der Waals surface area (Å²) in [5.74, 6) is 1.09. The lowest BCUT2D eigenvalue weighted by Gasteiger charge is -2.35. The van der Waals surface area contributed by atoms with Crippen molar-refractivity contribution in [2.75, 3.05) is 39.8 Å². The van der Waals surface area contributed by atoms with Gasteiger partial charge in [-0.15, -0.1) is 0 Å². The van der Waals surface area contributed by atoms with Crippen LogP contribution in [0, 0.1) is 11.8 Å². The molecular formula is C17H34N2O2. The van der Waals surface area contributed by atoms with Crippen LogP contribution in [0.4, 0.5) is 0 Å². The molecule has 1 rings (SSSR count). The van der Waals surface area contributed by atoms with Crippen LogP contribution >= 0.6 is 0 Å². The Hall–Kier alpha value is -0.610. The second-order valence-electron chi connectivity index (χ2n) is 6.82. The molecule has 0 saturated carbocycles. The lowest BCUT2D eigenvalue weighted by molar-refractivity contribution is -0.136. The highest BCUT2D eigenvalue weighted by Crippen LogP contribution is 2.13. The van der Waals surface area contributed by atoms with Crippen LogP contribution in [0.25, 0.3) is 0 Å². The molecular weight excluding hydrogens is 264 g/mol. The Kier molecular flexibility index (Phi) is 8.27. The molecule has 0 bridgehead atoms. The van der Waals surface area contributed by atoms with Gasteiger partial charge in [0.05, 0.1) is 12.7 Å². The fraction of sp³-hybridized carbons (Fsp3) is 0.941. The molecule has 2 unspecified atom stereocenters. The second-order valence-corrected chi connectivity index (χ2v) is 6.82. The summed E-state index contributed by atoms with van der Waals surface area (Å²) in [4.78, 5) is 16.2. The van der Waals surface area contributed by atoms with Crippen molar-refractivity contribution in [3.63, 3.8) is 0 Å². The van der Waals surface area contributed by atoms with Crippen LogP contribution in [-0.2, 0) is 9.53 Å². The summed E-state index contributed by atoms with van der Waals surface area (Å²) in [6.07, 6.45) is 4.01. The number of likely N-dealkylation sites (N-methyl/N-ethyl adjacent to an activating group) is 1. The second kappa shape index (κ2) is 9.42. The minimum Gasteiger partial charge on any atom is -0.374 e. The molecule has 4 nitrogen and oxygen atoms in total. The highest BCUT2D eigenvalue weighted by Gasteiger charge is 2.23. The monoisotopic (exact) mass is 298 g/mol. The number of hydrogen-bond donors (Lipinski definition) is 0. The van der Waals surface area contributed by atoms with Gasteiger partial charge in [0.25, 0.3) is 0 Å². The zero-order valence-corrected chi connectivity index (χ0v) is 14.6. The zero-order valence-electron chi connectivity index (χ0n) is 14.6. The Morgan fingerprint density at radius 3 is 2.71 bits per heavy atom. The van der Waals surface area contributed by atoms with E-state index in [-0.39, 0.29) is 17.9 Å². The molecule has 1 amide bonds. The molecule has 4 heteroatoms. The largest absolute Gasteiger partial charge is 0.374 e. The van der Waals surface area contributed by atoms with Crippen molar-refractivity contribution in [3.8, 4) is 0 Å². The van der Waals surface area contributed by atoms with Gasteiger partial charge in [0.15, 0.2) is 0 Å². The predicted molar refractivity (Wildman–Crippen MR) is 87.3 cm³/mol. The quantitative estimate of drug-likeness (QED) is 0.690. The lowest BCUT2D eigenvalue weighted by Crippen LogP contribution is -2.48. The number of ether oxygens (including phenoxy) is 1. The molecule has 1 aliphatic rings. The summed E-state index contributed by atoms with van der Waals surface area (Å²) in [7, 11) is 1.88. The number of rotatable bonds is 8. The SMILES string of the molecule is CCC(C)CCCN1CCOC(CN(C)C(=O)C(C)C)C1. The molecule has 0 radical (unpaired) electrons. The molecule has 1 aliphatic heterocycles. The molecule has 1 heterocycles. The van der Waals surface area contributed by atoms with E-state index in [1.165, 1.54) is 19.3 Å². The third kappa shape index (κ3) is 6.79. The highest BCUT2D eigenvalue weighted by atomic mass is 16.5. The summed E-state index contributed by atoms with van der Waals surface area (Å²) in [5, 5.41) is 0. The van der Waals surface area contributed by atoms with Gasteiger partial charge in [-0.05, 0) is 25.3 Å². The third-order valence-corrected chi connectivity index (χ3v) is 4.44. The van der Waals surface area contributed by atoms with Crippen molar-refractivity contribution in [2.24, 2.45) is 11.8 Å². The summed E-state index contributed by atoms with van der Waals surface area (Å²) >= 11 is 0. The number of carbonyl (C=O) groups is 1. The van der Waals surface area contributed by atoms with Crippen molar-refractivity contribution >= 4 is 5.91 Å². The summed E-state index contributed by atoms with van der Waals surface area (Å²) in [5.41, 5.74) is 0. The Labute approximate surface area is 130 Å². The van der Waals surface area contributed by atoms with Gasteiger partial charge in [0.2, 0.25) is 5.91 Å². The van der Waals surface area contributed by atoms with E-state index in [1.54, 1.807) is 0 Å². The van der Waals surface area contributed by atoms with Gasteiger partial charge in [-0.25, -0.2) is 0 Å². The Bertz CT molecular complexity index is 307. The average molecular weight is 298 g/mol. The van der Waals surface area contributed by atoms with Crippen molar-refractivity contribution < 1.29 is 9.53 Å². The first-order valence-electron chi connectivity index (χ1n) is 8.53. The fourth-order valence-corrected chi connectivity index (χ4v) is 2.80. The zero-order chi connectivity index (χ0) is 15.8. The molecule has 1 saturated heterocycles. The number of amides is 1. The molecule has 0 aromatic heterocycles. The lowest BCUT2D eigenvalue weighted by atomic mass is 10.0. The maximum atomic E-state index is 11.9. The first-order valence-corrected chi connectivity index (χ1v) is 8.53. The van der Waals surface area contributed by atoms with Gasteiger partial charge >= 0.3 is 0 Å². The minimum atomic E-state index is 0.0604. The van der Waals surface area contributed by atoms with E-state index in [9.17, 15) is 4.79 Å². The molecule has 0 spiro atoms. The number of carbonyl (C=O) groups excluding carboxylic acids is 1. The first-order chi connectivity index (χ1) is 9.93. The van der Waals surface area contributed by atoms with Crippen LogP contribution in [0.5, 0.6) is 0 Å². The average Bonchev–Trinajstić information content (AvgIpc) is 2.46. The maximum Gasteiger partial charge on any atom is 0.224 e. The third-order valence-electron chi connectivity index (χ3n) is 4.44. The van der Waals surface area contributed by atoms with Gasteiger partial charge in [-0.3, -0.25) is 9.69 Å². The van der Waals surface area contributed by atoms with Gasteiger partial charge in [-0.1, -0.05) is 34.1 Å². The van der Waals surface area contributed by atoms with E-state index in [1.807, 2.05) is 25.8 Å². The van der Waals surface area contributed by atoms with Gasteiger partial charge in [-0.2, -0.15) is 0 Å². The van der Waals surface area contributed by atoms with E-state index in [4.69, 9.17) is 4.74 Å². The van der Waals surface area contributed by atoms with Crippen LogP contribution in [-0.4, -0.2) is 61.6 Å². The van der Waals surface area contributed by atoms with Crippen molar-refractivity contribution in [1.82, 2.24) is 9.80 Å². The van der Waals surface area contributed by atoms with Gasteiger partial charge in [0.1, 0.15) is 0 Å². The van der Waals surface area contributed by atoms with Crippen molar-refractivity contribution in [1.29, 1.82) is 0 Å². The van der Waals surface area contributed by atoms with Crippen LogP contribution in [0.2, 0.25) is 0 Å². The molecule has 0 N–H and O–H groups in total. The van der Waals surface area contributed by atoms with E-state index in [0.29, 0.717) is 6.54 Å². The van der Waals surface area contributed by atoms with Crippen LogP contribution in [0.3, 0.4) is 0 Å². The summed E-state index contributed by atoms with van der Waals surface area (Å²) in [6.45, 7) is 13.1. The molecule has 0 aromatic carbocycles. The van der Waals surface area contributed by atoms with Gasteiger partial charge < -0.3 is 9.64 Å². The maximum absolute atomic E-state index is 11.9. The van der Waals surface area contributed by atoms with E-state index < -0.39 is 0 Å². The van der Waals surface area contributed by atoms with E-state index in [2.05, 4.69) is 18.7 Å². The molecule has 0 aliphatic carbocycles. The van der Waals surface area contributed by atoms with Crippen LogP contribution < -0.4 is 0 Å². The number of hydrogen-bond acceptors (Lipinski definition) is 3. The molecule has 0 aromatic rings. The van der Waals surface area contributed by atoms with Gasteiger partial charge in [0, 0.05) is 32.6 Å².